The van der Waals surface area contributed by atoms with Crippen molar-refractivity contribution in [3.8, 4) is 5.75 Å². The molecule has 14 heteroatoms. The average molecular weight is 534 g/mol. The molecule has 0 spiro atoms. The summed E-state index contributed by atoms with van der Waals surface area (Å²) in [5, 5.41) is 39.5. The summed E-state index contributed by atoms with van der Waals surface area (Å²) in [5.41, 5.74) is -0.501. The Labute approximate surface area is 194 Å². The van der Waals surface area contributed by atoms with Crippen LogP contribution in [0, 0.1) is 27.9 Å². The summed E-state index contributed by atoms with van der Waals surface area (Å²) in [6.07, 6.45) is -5.36. The number of carboxylic acids is 3. The number of carboxylic acid groups (broad SMARTS) is 3. The maximum atomic E-state index is 12.4. The first-order valence-corrected chi connectivity index (χ1v) is 10.2. The number of esters is 1. The highest BCUT2D eigenvalue weighted by Crippen LogP contribution is 2.43. The van der Waals surface area contributed by atoms with Gasteiger partial charge in [-0.1, -0.05) is 15.9 Å². The van der Waals surface area contributed by atoms with Crippen LogP contribution in [0.4, 0.5) is 5.69 Å². The van der Waals surface area contributed by atoms with Crippen molar-refractivity contribution in [2.75, 3.05) is 7.11 Å². The Bertz CT molecular complexity index is 951. The van der Waals surface area contributed by atoms with E-state index >= 15 is 0 Å². The number of aliphatic carboxylic acids is 3. The van der Waals surface area contributed by atoms with Crippen molar-refractivity contribution in [1.29, 1.82) is 0 Å². The molecule has 13 nitrogen and oxygen atoms in total. The molecular formula is C19H20BrNO12. The van der Waals surface area contributed by atoms with Gasteiger partial charge in [0, 0.05) is 28.8 Å². The molecular weight excluding hydrogens is 514 g/mol. The van der Waals surface area contributed by atoms with E-state index in [4.69, 9.17) is 9.47 Å². The molecule has 0 saturated carbocycles. The Morgan fingerprint density at radius 3 is 2.09 bits per heavy atom. The number of nitro benzene ring substituents is 1. The van der Waals surface area contributed by atoms with Crippen molar-refractivity contribution in [2.24, 2.45) is 17.8 Å². The first kappa shape index (κ1) is 26.0. The van der Waals surface area contributed by atoms with Gasteiger partial charge in [-0.25, -0.2) is 4.79 Å². The van der Waals surface area contributed by atoms with E-state index in [2.05, 4.69) is 20.7 Å². The summed E-state index contributed by atoms with van der Waals surface area (Å²) in [7, 11) is 1.01. The van der Waals surface area contributed by atoms with Crippen LogP contribution >= 0.6 is 15.9 Å². The van der Waals surface area contributed by atoms with Crippen LogP contribution in [0.1, 0.15) is 19.3 Å². The summed E-state index contributed by atoms with van der Waals surface area (Å²) in [6, 6.07) is 3.76. The van der Waals surface area contributed by atoms with E-state index in [1.165, 1.54) is 12.1 Å². The van der Waals surface area contributed by atoms with E-state index in [1.807, 2.05) is 0 Å². The number of carbonyl (C=O) groups excluding carboxylic acids is 1. The summed E-state index contributed by atoms with van der Waals surface area (Å²) in [5.74, 6) is -9.17. The highest BCUT2D eigenvalue weighted by atomic mass is 79.9. The van der Waals surface area contributed by atoms with Crippen LogP contribution in [0.15, 0.2) is 22.7 Å². The van der Waals surface area contributed by atoms with Crippen LogP contribution in [0.25, 0.3) is 0 Å². The van der Waals surface area contributed by atoms with Crippen LogP contribution in [-0.2, 0) is 28.7 Å². The second-order valence-electron chi connectivity index (χ2n) is 7.22. The Morgan fingerprint density at radius 2 is 1.58 bits per heavy atom. The number of nitrogens with zero attached hydrogens (tertiary/aromatic N) is 1. The second-order valence-corrected chi connectivity index (χ2v) is 8.14. The lowest BCUT2D eigenvalue weighted by Gasteiger charge is -2.44. The smallest absolute Gasteiger partial charge is 0.335 e. The van der Waals surface area contributed by atoms with Crippen molar-refractivity contribution >= 4 is 45.5 Å². The minimum absolute atomic E-state index is 0.321. The number of carbonyl (C=O) groups is 4. The van der Waals surface area contributed by atoms with Gasteiger partial charge < -0.3 is 29.5 Å². The van der Waals surface area contributed by atoms with Gasteiger partial charge >= 0.3 is 29.6 Å². The van der Waals surface area contributed by atoms with Crippen molar-refractivity contribution in [1.82, 2.24) is 0 Å². The number of halogens is 1. The number of nitro groups is 1. The van der Waals surface area contributed by atoms with Gasteiger partial charge in [0.2, 0.25) is 6.29 Å². The molecule has 1 heterocycles. The van der Waals surface area contributed by atoms with E-state index in [1.54, 1.807) is 0 Å². The SMILES string of the molecule is COC(=O)[C@H]1O[C@@H](Oc2ccc(Br)cc2[N+](=O)[O-])[C@H](CC(=O)O)[C@@H](CC(=O)O)[C@@H]1CC(=O)O. The van der Waals surface area contributed by atoms with Crippen LogP contribution < -0.4 is 4.74 Å². The first-order chi connectivity index (χ1) is 15.4. The predicted molar refractivity (Wildman–Crippen MR) is 109 cm³/mol. The number of methoxy groups -OCH3 is 1. The van der Waals surface area contributed by atoms with Crippen LogP contribution in [0.2, 0.25) is 0 Å². The Morgan fingerprint density at radius 1 is 1.03 bits per heavy atom. The maximum Gasteiger partial charge on any atom is 0.335 e. The molecule has 180 valence electrons. The number of rotatable bonds is 10. The minimum Gasteiger partial charge on any atom is -0.481 e. The third-order valence-corrected chi connectivity index (χ3v) is 5.64. The number of hydrogen-bond donors (Lipinski definition) is 3. The molecule has 1 aliphatic heterocycles. The molecule has 0 radical (unpaired) electrons. The van der Waals surface area contributed by atoms with Crippen LogP contribution in [0.3, 0.4) is 0 Å². The minimum atomic E-state index is -1.63. The molecule has 3 N–H and O–H groups in total. The predicted octanol–water partition coefficient (Wildman–Crippen LogP) is 1.91. The van der Waals surface area contributed by atoms with Gasteiger partial charge in [-0.15, -0.1) is 0 Å². The highest BCUT2D eigenvalue weighted by Gasteiger charge is 2.52. The molecule has 0 amide bonds. The summed E-state index contributed by atoms with van der Waals surface area (Å²) in [6.45, 7) is 0. The average Bonchev–Trinajstić information content (AvgIpc) is 2.71. The maximum absolute atomic E-state index is 12.4. The Balaban J connectivity index is 2.58. The standard InChI is InChI=1S/C19H20BrNO12/c1-31-18(28)17-10(6-15(24)25)9(5-14(22)23)11(7-16(26)27)19(33-17)32-13-3-2-8(20)4-12(13)21(29)30/h2-4,9-11,17,19H,5-7H2,1H3,(H,22,23)(H,24,25)(H,26,27)/t9-,10-,11+,17-,19+/m0/s1. The van der Waals surface area contributed by atoms with Gasteiger partial charge in [0.05, 0.1) is 24.9 Å². The lowest BCUT2D eigenvalue weighted by atomic mass is 9.71. The van der Waals surface area contributed by atoms with E-state index in [9.17, 15) is 44.6 Å². The van der Waals surface area contributed by atoms with Crippen LogP contribution in [-0.4, -0.2) is 63.6 Å². The largest absolute Gasteiger partial charge is 0.481 e. The third-order valence-electron chi connectivity index (χ3n) is 5.14. The topological polar surface area (TPSA) is 200 Å². The van der Waals surface area contributed by atoms with Gasteiger partial charge in [0.1, 0.15) is 0 Å². The number of ether oxygens (including phenoxy) is 3. The number of hydrogen-bond acceptors (Lipinski definition) is 9. The molecule has 0 aromatic heterocycles. The molecule has 0 aliphatic carbocycles. The third kappa shape index (κ3) is 6.61. The normalized spacial score (nSPS) is 24.5. The van der Waals surface area contributed by atoms with Crippen molar-refractivity contribution in [2.45, 2.75) is 31.7 Å². The lowest BCUT2D eigenvalue weighted by molar-refractivity contribution is -0.386. The van der Waals surface area contributed by atoms with E-state index in [0.29, 0.717) is 4.47 Å². The summed E-state index contributed by atoms with van der Waals surface area (Å²) < 4.78 is 16.2. The molecule has 0 bridgehead atoms. The fourth-order valence-corrected chi connectivity index (χ4v) is 4.17. The van der Waals surface area contributed by atoms with Gasteiger partial charge in [-0.2, -0.15) is 0 Å². The highest BCUT2D eigenvalue weighted by molar-refractivity contribution is 9.10. The van der Waals surface area contributed by atoms with Crippen molar-refractivity contribution in [3.05, 3.63) is 32.8 Å². The first-order valence-electron chi connectivity index (χ1n) is 9.43. The van der Waals surface area contributed by atoms with Crippen molar-refractivity contribution < 1.29 is 53.6 Å². The quantitative estimate of drug-likeness (QED) is 0.224. The van der Waals surface area contributed by atoms with E-state index < -0.39 is 83.9 Å². The Hall–Kier alpha value is -3.26. The van der Waals surface area contributed by atoms with Gasteiger partial charge in [-0.05, 0) is 18.1 Å². The zero-order chi connectivity index (χ0) is 24.9. The molecule has 1 aliphatic rings. The number of benzene rings is 1. The Kier molecular flexibility index (Phi) is 8.70. The molecule has 5 atom stereocenters. The van der Waals surface area contributed by atoms with Gasteiger partial charge in [-0.3, -0.25) is 24.5 Å². The molecule has 1 saturated heterocycles. The van der Waals surface area contributed by atoms with Crippen molar-refractivity contribution in [3.63, 3.8) is 0 Å². The zero-order valence-electron chi connectivity index (χ0n) is 17.1. The summed E-state index contributed by atoms with van der Waals surface area (Å²) in [4.78, 5) is 57.5. The van der Waals surface area contributed by atoms with Gasteiger partial charge in [0.25, 0.3) is 0 Å². The fraction of sp³-hybridized carbons (Fsp3) is 0.474. The molecule has 0 unspecified atom stereocenters. The van der Waals surface area contributed by atoms with Gasteiger partial charge in [0.15, 0.2) is 11.9 Å². The lowest BCUT2D eigenvalue weighted by Crippen LogP contribution is -2.54. The monoisotopic (exact) mass is 533 g/mol. The van der Waals surface area contributed by atoms with E-state index in [0.717, 1.165) is 13.2 Å². The van der Waals surface area contributed by atoms with E-state index in [-0.39, 0.29) is 5.75 Å². The fourth-order valence-electron chi connectivity index (χ4n) is 3.82. The van der Waals surface area contributed by atoms with Crippen LogP contribution in [0.5, 0.6) is 5.75 Å². The molecule has 2 rings (SSSR count). The molecule has 1 aromatic carbocycles. The molecule has 1 aromatic rings. The zero-order valence-corrected chi connectivity index (χ0v) is 18.7. The molecule has 1 fully saturated rings. The molecule has 33 heavy (non-hydrogen) atoms. The summed E-state index contributed by atoms with van der Waals surface area (Å²) >= 11 is 3.09. The second kappa shape index (κ2) is 11.0.